The minimum absolute atomic E-state index is 0.0500. The first kappa shape index (κ1) is 20.0. The van der Waals surface area contributed by atoms with Crippen molar-refractivity contribution in [2.45, 2.75) is 44.9 Å². The monoisotopic (exact) mass is 438 g/mol. The Morgan fingerprint density at radius 3 is 1.44 bits per heavy atom. The molecule has 0 fully saturated rings. The van der Waals surface area contributed by atoms with Gasteiger partial charge in [0.15, 0.2) is 0 Å². The van der Waals surface area contributed by atoms with Crippen LogP contribution in [0.2, 0.25) is 0 Å². The smallest absolute Gasteiger partial charge is 0.0474 e. The van der Waals surface area contributed by atoms with Gasteiger partial charge in [-0.15, -0.1) is 0 Å². The molecule has 4 aromatic carbocycles. The molecule has 0 heteroatoms. The van der Waals surface area contributed by atoms with Gasteiger partial charge in [0, 0.05) is 11.3 Å². The Morgan fingerprint density at radius 2 is 1.00 bits per heavy atom. The molecule has 0 N–H and O–H groups in total. The van der Waals surface area contributed by atoms with E-state index in [2.05, 4.69) is 118 Å². The summed E-state index contributed by atoms with van der Waals surface area (Å²) in [6.45, 7) is 7.35. The van der Waals surface area contributed by atoms with Gasteiger partial charge in [-0.3, -0.25) is 0 Å². The lowest BCUT2D eigenvalue weighted by atomic mass is 9.52. The molecule has 0 aliphatic heterocycles. The molecule has 166 valence electrons. The normalized spacial score (nSPS) is 17.6. The first-order valence-electron chi connectivity index (χ1n) is 12.6. The minimum Gasteiger partial charge on any atom is -0.0619 e. The van der Waals surface area contributed by atoms with E-state index in [9.17, 15) is 0 Å². The summed E-state index contributed by atoms with van der Waals surface area (Å²) < 4.78 is 0. The second kappa shape index (κ2) is 6.83. The van der Waals surface area contributed by atoms with Crippen LogP contribution in [-0.4, -0.2) is 0 Å². The van der Waals surface area contributed by atoms with E-state index in [1.165, 1.54) is 57.3 Å². The fourth-order valence-electron chi connectivity index (χ4n) is 7.49. The molecule has 0 nitrogen and oxygen atoms in total. The molecule has 3 aliphatic carbocycles. The van der Waals surface area contributed by atoms with Crippen molar-refractivity contribution in [2.75, 3.05) is 0 Å². The number of hydrogen-bond acceptors (Lipinski definition) is 0. The number of rotatable bonds is 2. The Bertz CT molecular complexity index is 1400. The Kier molecular flexibility index (Phi) is 4.02. The molecular weight excluding hydrogens is 408 g/mol. The van der Waals surface area contributed by atoms with Gasteiger partial charge in [-0.2, -0.15) is 0 Å². The molecule has 0 saturated heterocycles. The number of fused-ring (bicyclic) bond motifs is 6. The molecule has 4 aromatic rings. The quantitative estimate of drug-likeness (QED) is 0.274. The van der Waals surface area contributed by atoms with Crippen molar-refractivity contribution in [3.63, 3.8) is 0 Å². The highest BCUT2D eigenvalue weighted by Gasteiger charge is 2.56. The maximum atomic E-state index is 2.45. The van der Waals surface area contributed by atoms with Crippen molar-refractivity contribution < 1.29 is 0 Å². The summed E-state index contributed by atoms with van der Waals surface area (Å²) in [5, 5.41) is 0. The highest BCUT2D eigenvalue weighted by Crippen LogP contribution is 2.66. The maximum Gasteiger partial charge on any atom is 0.0474 e. The van der Waals surface area contributed by atoms with Gasteiger partial charge >= 0.3 is 0 Å². The highest BCUT2D eigenvalue weighted by molar-refractivity contribution is 5.86. The lowest BCUT2D eigenvalue weighted by Gasteiger charge is -2.51. The summed E-state index contributed by atoms with van der Waals surface area (Å²) in [5.41, 5.74) is 14.9. The summed E-state index contributed by atoms with van der Waals surface area (Å²) in [7, 11) is 0. The third-order valence-corrected chi connectivity index (χ3v) is 8.74. The first-order valence-corrected chi connectivity index (χ1v) is 12.6. The van der Waals surface area contributed by atoms with Crippen molar-refractivity contribution in [1.29, 1.82) is 0 Å². The second-order valence-corrected chi connectivity index (χ2v) is 11.2. The van der Waals surface area contributed by atoms with Gasteiger partial charge in [0.2, 0.25) is 0 Å². The third kappa shape index (κ3) is 2.34. The molecule has 0 bridgehead atoms. The standard InChI is InChI=1S/C34H30/c1-33(2,3)34(29-18-10-8-14-24(29)25-15-9-11-19-30(25)34)31-21-20-28(31)32-26-16-6-4-12-22(26)23-13-5-7-17-27(23)32/h4-19,32H,20-21H2,1-3H3. The van der Waals surface area contributed by atoms with E-state index in [4.69, 9.17) is 0 Å². The molecule has 3 aliphatic rings. The molecule has 0 atom stereocenters. The van der Waals surface area contributed by atoms with Crippen LogP contribution in [0, 0.1) is 5.41 Å². The van der Waals surface area contributed by atoms with E-state index >= 15 is 0 Å². The molecule has 0 radical (unpaired) electrons. The third-order valence-electron chi connectivity index (χ3n) is 8.74. The molecule has 0 amide bonds. The van der Waals surface area contributed by atoms with Crippen LogP contribution in [0.4, 0.5) is 0 Å². The van der Waals surface area contributed by atoms with Crippen molar-refractivity contribution in [2.24, 2.45) is 5.41 Å². The first-order chi connectivity index (χ1) is 16.5. The van der Waals surface area contributed by atoms with E-state index in [1.807, 2.05) is 0 Å². The average Bonchev–Trinajstić information content (AvgIpc) is 3.31. The van der Waals surface area contributed by atoms with Gasteiger partial charge in [0.05, 0.1) is 0 Å². The molecule has 0 spiro atoms. The van der Waals surface area contributed by atoms with E-state index in [-0.39, 0.29) is 10.8 Å². The van der Waals surface area contributed by atoms with Gasteiger partial charge in [0.25, 0.3) is 0 Å². The zero-order valence-corrected chi connectivity index (χ0v) is 20.2. The molecular formula is C34H30. The van der Waals surface area contributed by atoms with Crippen LogP contribution < -0.4 is 0 Å². The van der Waals surface area contributed by atoms with E-state index < -0.39 is 0 Å². The molecule has 34 heavy (non-hydrogen) atoms. The fraction of sp³-hybridized carbons (Fsp3) is 0.235. The van der Waals surface area contributed by atoms with Crippen LogP contribution in [0.15, 0.2) is 108 Å². The molecule has 0 heterocycles. The zero-order valence-electron chi connectivity index (χ0n) is 20.2. The molecule has 7 rings (SSSR count). The number of allylic oxidation sites excluding steroid dienone is 2. The van der Waals surface area contributed by atoms with Crippen LogP contribution in [0.1, 0.15) is 61.8 Å². The lowest BCUT2D eigenvalue weighted by Crippen LogP contribution is -2.44. The van der Waals surface area contributed by atoms with Crippen LogP contribution in [0.3, 0.4) is 0 Å². The summed E-state index contributed by atoms with van der Waals surface area (Å²) in [4.78, 5) is 0. The predicted octanol–water partition coefficient (Wildman–Crippen LogP) is 8.90. The molecule has 0 unspecified atom stereocenters. The Morgan fingerprint density at radius 1 is 0.559 bits per heavy atom. The Balaban J connectivity index is 1.55. The Labute approximate surface area is 203 Å². The van der Waals surface area contributed by atoms with Gasteiger partial charge in [0.1, 0.15) is 0 Å². The van der Waals surface area contributed by atoms with E-state index in [1.54, 1.807) is 11.1 Å². The van der Waals surface area contributed by atoms with Crippen molar-refractivity contribution in [3.05, 3.63) is 130 Å². The minimum atomic E-state index is -0.0970. The van der Waals surface area contributed by atoms with Crippen molar-refractivity contribution >= 4 is 0 Å². The van der Waals surface area contributed by atoms with Crippen LogP contribution >= 0.6 is 0 Å². The summed E-state index contributed by atoms with van der Waals surface area (Å²) in [5.74, 6) is 0.371. The van der Waals surface area contributed by atoms with Crippen LogP contribution in [-0.2, 0) is 5.41 Å². The fourth-order valence-corrected chi connectivity index (χ4v) is 7.49. The maximum absolute atomic E-state index is 2.45. The van der Waals surface area contributed by atoms with Gasteiger partial charge < -0.3 is 0 Å². The summed E-state index contributed by atoms with van der Waals surface area (Å²) in [6.07, 6.45) is 2.36. The topological polar surface area (TPSA) is 0 Å². The van der Waals surface area contributed by atoms with Crippen molar-refractivity contribution in [3.8, 4) is 22.3 Å². The zero-order chi connectivity index (χ0) is 23.1. The van der Waals surface area contributed by atoms with Crippen LogP contribution in [0.5, 0.6) is 0 Å². The summed E-state index contributed by atoms with van der Waals surface area (Å²) in [6, 6.07) is 36.5. The van der Waals surface area contributed by atoms with Gasteiger partial charge in [-0.05, 0) is 62.8 Å². The molecule has 0 saturated carbocycles. The average molecular weight is 439 g/mol. The van der Waals surface area contributed by atoms with Crippen LogP contribution in [0.25, 0.3) is 22.3 Å². The lowest BCUT2D eigenvalue weighted by molar-refractivity contribution is 0.256. The van der Waals surface area contributed by atoms with Crippen molar-refractivity contribution in [1.82, 2.24) is 0 Å². The molecule has 0 aromatic heterocycles. The van der Waals surface area contributed by atoms with E-state index in [0.29, 0.717) is 5.92 Å². The number of benzene rings is 4. The largest absolute Gasteiger partial charge is 0.0619 e. The highest BCUT2D eigenvalue weighted by atomic mass is 14.6. The number of hydrogen-bond donors (Lipinski definition) is 0. The van der Waals surface area contributed by atoms with Gasteiger partial charge in [-0.1, -0.05) is 129 Å². The predicted molar refractivity (Wildman–Crippen MR) is 142 cm³/mol. The Hall–Kier alpha value is -3.38. The summed E-state index contributed by atoms with van der Waals surface area (Å²) >= 11 is 0. The second-order valence-electron chi connectivity index (χ2n) is 11.2. The van der Waals surface area contributed by atoms with E-state index in [0.717, 1.165) is 0 Å². The SMILES string of the molecule is CC(C)(C)C1(C2=C(C3c4ccccc4-c4ccccc43)CC2)c2ccccc2-c2ccccc21. The van der Waals surface area contributed by atoms with Gasteiger partial charge in [-0.25, -0.2) is 0 Å².